The summed E-state index contributed by atoms with van der Waals surface area (Å²) < 4.78 is 6.59. The third-order valence-electron chi connectivity index (χ3n) is 12.3. The molecule has 12 rings (SSSR count). The zero-order chi connectivity index (χ0) is 36.8. The standard InChI is InChI=1S/C55H34O/c1-3-19-40(20-4-1)55(41-21-5-2-6-22-41)49-34-39(38-29-31-50-47(32-38)45-26-12-17-37-18-13-27-51(56-50)52(37)45)33-48(44-25-11-16-35-14-7-9-23-42(35)44)53(49)46-30-28-36-15-8-10-24-43(36)54(46)55/h1-34H. The number of rotatable bonds is 4. The van der Waals surface area contributed by atoms with Gasteiger partial charge < -0.3 is 4.74 Å². The summed E-state index contributed by atoms with van der Waals surface area (Å²) >= 11 is 0. The zero-order valence-electron chi connectivity index (χ0n) is 30.5. The normalized spacial score (nSPS) is 13.3. The van der Waals surface area contributed by atoms with E-state index in [-0.39, 0.29) is 0 Å². The lowest BCUT2D eigenvalue weighted by Gasteiger charge is -2.35. The Hall–Kier alpha value is -7.22. The lowest BCUT2D eigenvalue weighted by molar-refractivity contribution is 0.487. The van der Waals surface area contributed by atoms with Crippen molar-refractivity contribution in [3.8, 4) is 56.0 Å². The van der Waals surface area contributed by atoms with Crippen molar-refractivity contribution in [2.24, 2.45) is 0 Å². The summed E-state index contributed by atoms with van der Waals surface area (Å²) in [6, 6.07) is 76.1. The Morgan fingerprint density at radius 3 is 1.71 bits per heavy atom. The molecule has 1 heterocycles. The van der Waals surface area contributed by atoms with Gasteiger partial charge >= 0.3 is 0 Å². The molecule has 0 bridgehead atoms. The Bertz CT molecular complexity index is 3160. The van der Waals surface area contributed by atoms with Crippen LogP contribution in [-0.2, 0) is 5.41 Å². The first-order valence-electron chi connectivity index (χ1n) is 19.4. The zero-order valence-corrected chi connectivity index (χ0v) is 30.5. The fraction of sp³-hybridized carbons (Fsp3) is 0.0182. The number of ether oxygens (including phenoxy) is 1. The summed E-state index contributed by atoms with van der Waals surface area (Å²) in [5.41, 5.74) is 14.2. The fourth-order valence-electron chi connectivity index (χ4n) is 9.97. The van der Waals surface area contributed by atoms with Crippen molar-refractivity contribution in [3.05, 3.63) is 229 Å². The van der Waals surface area contributed by atoms with Crippen LogP contribution in [0.4, 0.5) is 0 Å². The van der Waals surface area contributed by atoms with Gasteiger partial charge in [0.15, 0.2) is 0 Å². The number of hydrogen-bond acceptors (Lipinski definition) is 1. The van der Waals surface area contributed by atoms with Gasteiger partial charge in [-0.25, -0.2) is 0 Å². The van der Waals surface area contributed by atoms with E-state index >= 15 is 0 Å². The largest absolute Gasteiger partial charge is 0.456 e. The second-order valence-electron chi connectivity index (χ2n) is 15.1. The van der Waals surface area contributed by atoms with Crippen LogP contribution in [0.5, 0.6) is 11.5 Å². The van der Waals surface area contributed by atoms with Crippen LogP contribution in [0.3, 0.4) is 0 Å². The van der Waals surface area contributed by atoms with Gasteiger partial charge in [-0.1, -0.05) is 176 Å². The third kappa shape index (κ3) is 4.31. The van der Waals surface area contributed by atoms with Gasteiger partial charge in [0.2, 0.25) is 0 Å². The van der Waals surface area contributed by atoms with Gasteiger partial charge in [0, 0.05) is 10.9 Å². The SMILES string of the molecule is c1ccc(C2(c3ccccc3)c3cc(-c4ccc5c(c4)-c4cccc6cccc(c46)O5)cc(-c4cccc5ccccc45)c3-c3ccc4ccccc4c32)cc1. The van der Waals surface area contributed by atoms with E-state index in [0.717, 1.165) is 22.6 Å². The molecule has 0 amide bonds. The summed E-state index contributed by atoms with van der Waals surface area (Å²) in [4.78, 5) is 0. The van der Waals surface area contributed by atoms with Gasteiger partial charge in [0.1, 0.15) is 11.5 Å². The van der Waals surface area contributed by atoms with Crippen LogP contribution >= 0.6 is 0 Å². The highest BCUT2D eigenvalue weighted by Gasteiger charge is 2.48. The molecular weight excluding hydrogens is 677 g/mol. The quantitative estimate of drug-likeness (QED) is 0.177. The Morgan fingerprint density at radius 2 is 0.946 bits per heavy atom. The summed E-state index contributed by atoms with van der Waals surface area (Å²) in [5.74, 6) is 1.80. The maximum Gasteiger partial charge on any atom is 0.135 e. The molecule has 2 aliphatic rings. The lowest BCUT2D eigenvalue weighted by atomic mass is 9.66. The Balaban J connectivity index is 1.24. The highest BCUT2D eigenvalue weighted by molar-refractivity contribution is 6.09. The molecule has 0 radical (unpaired) electrons. The topological polar surface area (TPSA) is 9.23 Å². The second-order valence-corrected chi connectivity index (χ2v) is 15.1. The molecule has 0 fully saturated rings. The molecule has 260 valence electrons. The summed E-state index contributed by atoms with van der Waals surface area (Å²) in [5, 5.41) is 7.35. The van der Waals surface area contributed by atoms with Crippen LogP contribution in [0.1, 0.15) is 22.3 Å². The van der Waals surface area contributed by atoms with Crippen molar-refractivity contribution in [2.75, 3.05) is 0 Å². The Morgan fingerprint density at radius 1 is 0.339 bits per heavy atom. The first-order chi connectivity index (χ1) is 27.8. The van der Waals surface area contributed by atoms with Crippen molar-refractivity contribution >= 4 is 32.3 Å². The van der Waals surface area contributed by atoms with Crippen LogP contribution in [0.2, 0.25) is 0 Å². The molecule has 1 aliphatic heterocycles. The molecule has 10 aromatic rings. The van der Waals surface area contributed by atoms with Crippen molar-refractivity contribution in [3.63, 3.8) is 0 Å². The average Bonchev–Trinajstić information content (AvgIpc) is 3.58. The van der Waals surface area contributed by atoms with Crippen molar-refractivity contribution in [2.45, 2.75) is 5.41 Å². The number of hydrogen-bond donors (Lipinski definition) is 0. The molecule has 10 aromatic carbocycles. The Kier molecular flexibility index (Phi) is 6.62. The average molecular weight is 711 g/mol. The summed E-state index contributed by atoms with van der Waals surface area (Å²) in [6.45, 7) is 0. The van der Waals surface area contributed by atoms with E-state index in [4.69, 9.17) is 4.74 Å². The fourth-order valence-corrected chi connectivity index (χ4v) is 9.97. The highest BCUT2D eigenvalue weighted by Crippen LogP contribution is 2.61. The predicted octanol–water partition coefficient (Wildman–Crippen LogP) is 14.6. The molecule has 0 aromatic heterocycles. The molecule has 56 heavy (non-hydrogen) atoms. The van der Waals surface area contributed by atoms with Gasteiger partial charge in [-0.05, 0) is 118 Å². The van der Waals surface area contributed by atoms with Gasteiger partial charge in [0.05, 0.1) is 5.41 Å². The van der Waals surface area contributed by atoms with Gasteiger partial charge in [-0.15, -0.1) is 0 Å². The van der Waals surface area contributed by atoms with E-state index in [0.29, 0.717) is 0 Å². The van der Waals surface area contributed by atoms with E-state index in [1.54, 1.807) is 0 Å². The first-order valence-corrected chi connectivity index (χ1v) is 19.4. The molecule has 1 heteroatoms. The Labute approximate surface area is 325 Å². The van der Waals surface area contributed by atoms with Gasteiger partial charge in [0.25, 0.3) is 0 Å². The number of benzene rings is 10. The second kappa shape index (κ2) is 11.9. The molecule has 0 saturated heterocycles. The van der Waals surface area contributed by atoms with Crippen LogP contribution in [0, 0.1) is 0 Å². The molecule has 0 saturated carbocycles. The van der Waals surface area contributed by atoms with Crippen LogP contribution < -0.4 is 4.74 Å². The van der Waals surface area contributed by atoms with E-state index in [2.05, 4.69) is 206 Å². The summed E-state index contributed by atoms with van der Waals surface area (Å²) in [6.07, 6.45) is 0. The molecule has 0 spiro atoms. The van der Waals surface area contributed by atoms with Crippen molar-refractivity contribution in [1.82, 2.24) is 0 Å². The molecular formula is C55H34O. The smallest absolute Gasteiger partial charge is 0.135 e. The molecule has 0 N–H and O–H groups in total. The predicted molar refractivity (Wildman–Crippen MR) is 233 cm³/mol. The van der Waals surface area contributed by atoms with Crippen LogP contribution in [-0.4, -0.2) is 0 Å². The van der Waals surface area contributed by atoms with Gasteiger partial charge in [-0.2, -0.15) is 0 Å². The van der Waals surface area contributed by atoms with Crippen LogP contribution in [0.15, 0.2) is 206 Å². The monoisotopic (exact) mass is 710 g/mol. The molecule has 0 unspecified atom stereocenters. The van der Waals surface area contributed by atoms with E-state index in [9.17, 15) is 0 Å². The van der Waals surface area contributed by atoms with Crippen molar-refractivity contribution in [1.29, 1.82) is 0 Å². The number of fused-ring (bicyclic) bond motifs is 8. The van der Waals surface area contributed by atoms with E-state index in [1.165, 1.54) is 88.0 Å². The summed E-state index contributed by atoms with van der Waals surface area (Å²) in [7, 11) is 0. The third-order valence-corrected chi connectivity index (χ3v) is 12.3. The molecule has 0 atom stereocenters. The van der Waals surface area contributed by atoms with E-state index in [1.807, 2.05) is 0 Å². The minimum absolute atomic E-state index is 0.592. The first kappa shape index (κ1) is 31.2. The minimum atomic E-state index is -0.592. The maximum atomic E-state index is 6.59. The lowest BCUT2D eigenvalue weighted by Crippen LogP contribution is -2.29. The molecule has 1 nitrogen and oxygen atoms in total. The molecule has 1 aliphatic carbocycles. The maximum absolute atomic E-state index is 6.59. The highest BCUT2D eigenvalue weighted by atomic mass is 16.5. The minimum Gasteiger partial charge on any atom is -0.456 e. The van der Waals surface area contributed by atoms with Crippen molar-refractivity contribution < 1.29 is 4.74 Å². The van der Waals surface area contributed by atoms with Crippen LogP contribution in [0.25, 0.3) is 76.8 Å². The van der Waals surface area contributed by atoms with Gasteiger partial charge in [-0.3, -0.25) is 0 Å². The van der Waals surface area contributed by atoms with E-state index < -0.39 is 5.41 Å².